The standard InChI is InChI=1S/C20H30ClN3O3/c1-4-24(14-20(26)27)18-9-11-23(12-10-18)13-19(25)22(3)15(2)16-5-7-17(21)8-6-16/h5-8,15,18H,4,9-14H2,1-3H3,(H,26,27). The van der Waals surface area contributed by atoms with Gasteiger partial charge in [0.25, 0.3) is 0 Å². The van der Waals surface area contributed by atoms with Gasteiger partial charge in [-0.3, -0.25) is 19.4 Å². The molecule has 1 aromatic carbocycles. The van der Waals surface area contributed by atoms with Gasteiger partial charge in [0.1, 0.15) is 0 Å². The van der Waals surface area contributed by atoms with Gasteiger partial charge in [0, 0.05) is 31.2 Å². The molecule has 1 aliphatic rings. The lowest BCUT2D eigenvalue weighted by molar-refractivity contribution is -0.139. The molecule has 2 rings (SSSR count). The molecule has 0 bridgehead atoms. The average molecular weight is 396 g/mol. The first-order chi connectivity index (χ1) is 12.8. The van der Waals surface area contributed by atoms with Crippen LogP contribution in [-0.2, 0) is 9.59 Å². The van der Waals surface area contributed by atoms with Crippen LogP contribution in [0.25, 0.3) is 0 Å². The fraction of sp³-hybridized carbons (Fsp3) is 0.600. The Kier molecular flexibility index (Phi) is 8.07. The number of carbonyl (C=O) groups is 2. The van der Waals surface area contributed by atoms with Crippen molar-refractivity contribution in [1.82, 2.24) is 14.7 Å². The number of likely N-dealkylation sites (tertiary alicyclic amines) is 1. The second-order valence-electron chi connectivity index (χ2n) is 7.20. The maximum atomic E-state index is 12.7. The van der Waals surface area contributed by atoms with Crippen LogP contribution < -0.4 is 0 Å². The fourth-order valence-corrected chi connectivity index (χ4v) is 3.73. The second-order valence-corrected chi connectivity index (χ2v) is 7.63. The van der Waals surface area contributed by atoms with Crippen LogP contribution in [-0.4, -0.2) is 77.5 Å². The van der Waals surface area contributed by atoms with Gasteiger partial charge in [0.15, 0.2) is 0 Å². The highest BCUT2D eigenvalue weighted by Gasteiger charge is 2.27. The van der Waals surface area contributed by atoms with Crippen molar-refractivity contribution in [3.63, 3.8) is 0 Å². The van der Waals surface area contributed by atoms with Crippen molar-refractivity contribution in [2.24, 2.45) is 0 Å². The van der Waals surface area contributed by atoms with Crippen molar-refractivity contribution < 1.29 is 14.7 Å². The molecular weight excluding hydrogens is 366 g/mol. The zero-order chi connectivity index (χ0) is 20.0. The van der Waals surface area contributed by atoms with Gasteiger partial charge in [-0.25, -0.2) is 0 Å². The van der Waals surface area contributed by atoms with Crippen LogP contribution in [0.5, 0.6) is 0 Å². The van der Waals surface area contributed by atoms with Gasteiger partial charge >= 0.3 is 5.97 Å². The number of hydrogen-bond donors (Lipinski definition) is 1. The molecule has 0 aromatic heterocycles. The Hall–Kier alpha value is -1.63. The lowest BCUT2D eigenvalue weighted by Crippen LogP contribution is -2.49. The number of carboxylic acid groups (broad SMARTS) is 1. The molecule has 0 saturated carbocycles. The van der Waals surface area contributed by atoms with Gasteiger partial charge in [-0.05, 0) is 44.0 Å². The molecule has 1 heterocycles. The Morgan fingerprint density at radius 2 is 1.85 bits per heavy atom. The summed E-state index contributed by atoms with van der Waals surface area (Å²) >= 11 is 5.94. The molecule has 1 aromatic rings. The summed E-state index contributed by atoms with van der Waals surface area (Å²) in [5, 5.41) is 9.72. The van der Waals surface area contributed by atoms with Crippen LogP contribution in [0.1, 0.15) is 38.3 Å². The van der Waals surface area contributed by atoms with E-state index in [9.17, 15) is 9.59 Å². The van der Waals surface area contributed by atoms with Crippen LogP contribution >= 0.6 is 11.6 Å². The molecule has 1 aliphatic heterocycles. The molecule has 27 heavy (non-hydrogen) atoms. The Morgan fingerprint density at radius 3 is 2.37 bits per heavy atom. The monoisotopic (exact) mass is 395 g/mol. The molecule has 1 saturated heterocycles. The Bertz CT molecular complexity index is 630. The van der Waals surface area contributed by atoms with E-state index in [0.29, 0.717) is 11.6 Å². The first-order valence-corrected chi connectivity index (χ1v) is 9.89. The quantitative estimate of drug-likeness (QED) is 0.733. The van der Waals surface area contributed by atoms with Crippen molar-refractivity contribution in [3.8, 4) is 0 Å². The smallest absolute Gasteiger partial charge is 0.317 e. The highest BCUT2D eigenvalue weighted by molar-refractivity contribution is 6.30. The van der Waals surface area contributed by atoms with Gasteiger partial charge in [0.05, 0.1) is 19.1 Å². The van der Waals surface area contributed by atoms with E-state index in [2.05, 4.69) is 4.90 Å². The average Bonchev–Trinajstić information content (AvgIpc) is 2.66. The summed E-state index contributed by atoms with van der Waals surface area (Å²) in [6.45, 7) is 6.85. The Morgan fingerprint density at radius 1 is 1.26 bits per heavy atom. The van der Waals surface area contributed by atoms with Crippen LogP contribution in [0.2, 0.25) is 5.02 Å². The van der Waals surface area contributed by atoms with E-state index in [4.69, 9.17) is 16.7 Å². The summed E-state index contributed by atoms with van der Waals surface area (Å²) in [6.07, 6.45) is 1.79. The number of carbonyl (C=O) groups excluding carboxylic acids is 1. The van der Waals surface area contributed by atoms with E-state index in [1.165, 1.54) is 0 Å². The second kappa shape index (κ2) is 10.1. The predicted octanol–water partition coefficient (Wildman–Crippen LogP) is 2.73. The van der Waals surface area contributed by atoms with Crippen molar-refractivity contribution >= 4 is 23.5 Å². The third kappa shape index (κ3) is 6.19. The number of carboxylic acids is 1. The molecule has 150 valence electrons. The minimum atomic E-state index is -0.785. The number of rotatable bonds is 8. The van der Waals surface area contributed by atoms with Crippen molar-refractivity contribution in [2.75, 3.05) is 39.8 Å². The van der Waals surface area contributed by atoms with Gasteiger partial charge in [-0.1, -0.05) is 30.7 Å². The predicted molar refractivity (Wildman–Crippen MR) is 107 cm³/mol. The van der Waals surface area contributed by atoms with Crippen molar-refractivity contribution in [2.45, 2.75) is 38.8 Å². The van der Waals surface area contributed by atoms with E-state index in [1.807, 2.05) is 50.1 Å². The molecule has 1 unspecified atom stereocenters. The Labute approximate surface area is 166 Å². The van der Waals surface area contributed by atoms with Crippen LogP contribution in [0.15, 0.2) is 24.3 Å². The number of halogens is 1. The Balaban J connectivity index is 1.84. The maximum absolute atomic E-state index is 12.7. The topological polar surface area (TPSA) is 64.1 Å². The number of hydrogen-bond acceptors (Lipinski definition) is 4. The van der Waals surface area contributed by atoms with Gasteiger partial charge in [-0.2, -0.15) is 0 Å². The maximum Gasteiger partial charge on any atom is 0.317 e. The zero-order valence-corrected chi connectivity index (χ0v) is 17.2. The van der Waals surface area contributed by atoms with Crippen LogP contribution in [0.3, 0.4) is 0 Å². The largest absolute Gasteiger partial charge is 0.480 e. The minimum Gasteiger partial charge on any atom is -0.480 e. The van der Waals surface area contributed by atoms with E-state index >= 15 is 0 Å². The number of nitrogens with zero attached hydrogens (tertiary/aromatic N) is 3. The number of piperidine rings is 1. The summed E-state index contributed by atoms with van der Waals surface area (Å²) in [5.41, 5.74) is 1.06. The normalized spacial score (nSPS) is 17.1. The minimum absolute atomic E-state index is 0.0153. The zero-order valence-electron chi connectivity index (χ0n) is 16.4. The molecule has 0 radical (unpaired) electrons. The number of benzene rings is 1. The van der Waals surface area contributed by atoms with Gasteiger partial charge < -0.3 is 10.0 Å². The highest BCUT2D eigenvalue weighted by Crippen LogP contribution is 2.22. The van der Waals surface area contributed by atoms with E-state index in [1.54, 1.807) is 4.90 Å². The lowest BCUT2D eigenvalue weighted by Gasteiger charge is -2.38. The number of amides is 1. The first kappa shape index (κ1) is 21.7. The molecule has 7 heteroatoms. The summed E-state index contributed by atoms with van der Waals surface area (Å²) in [7, 11) is 1.83. The lowest BCUT2D eigenvalue weighted by atomic mass is 10.0. The van der Waals surface area contributed by atoms with Crippen molar-refractivity contribution in [1.29, 1.82) is 0 Å². The summed E-state index contributed by atoms with van der Waals surface area (Å²) in [6, 6.07) is 7.84. The van der Waals surface area contributed by atoms with E-state index in [-0.39, 0.29) is 24.5 Å². The molecule has 1 amide bonds. The van der Waals surface area contributed by atoms with Gasteiger partial charge in [0.2, 0.25) is 5.91 Å². The number of likely N-dealkylation sites (N-methyl/N-ethyl adjacent to an activating group) is 2. The summed E-state index contributed by atoms with van der Waals surface area (Å²) < 4.78 is 0. The van der Waals surface area contributed by atoms with Gasteiger partial charge in [-0.15, -0.1) is 0 Å². The molecule has 0 spiro atoms. The fourth-order valence-electron chi connectivity index (χ4n) is 3.60. The molecule has 0 aliphatic carbocycles. The number of aliphatic carboxylic acids is 1. The summed E-state index contributed by atoms with van der Waals surface area (Å²) in [4.78, 5) is 29.6. The molecular formula is C20H30ClN3O3. The van der Waals surface area contributed by atoms with Crippen LogP contribution in [0.4, 0.5) is 0 Å². The SMILES string of the molecule is CCN(CC(=O)O)C1CCN(CC(=O)N(C)C(C)c2ccc(Cl)cc2)CC1. The first-order valence-electron chi connectivity index (χ1n) is 9.51. The van der Waals surface area contributed by atoms with E-state index < -0.39 is 5.97 Å². The highest BCUT2D eigenvalue weighted by atomic mass is 35.5. The molecule has 6 nitrogen and oxygen atoms in total. The molecule has 1 fully saturated rings. The van der Waals surface area contributed by atoms with E-state index in [0.717, 1.165) is 38.0 Å². The van der Waals surface area contributed by atoms with Crippen molar-refractivity contribution in [3.05, 3.63) is 34.9 Å². The summed E-state index contributed by atoms with van der Waals surface area (Å²) in [5.74, 6) is -0.693. The molecule has 1 atom stereocenters. The van der Waals surface area contributed by atoms with Crippen LogP contribution in [0, 0.1) is 0 Å². The third-order valence-electron chi connectivity index (χ3n) is 5.50. The third-order valence-corrected chi connectivity index (χ3v) is 5.76. The molecule has 1 N–H and O–H groups in total.